The molecule has 0 aromatic heterocycles. The van der Waals surface area contributed by atoms with Crippen molar-refractivity contribution in [3.63, 3.8) is 0 Å². The lowest BCUT2D eigenvalue weighted by molar-refractivity contribution is -0.147. The first kappa shape index (κ1) is 40.2. The second kappa shape index (κ2) is 29.3. The molecule has 0 saturated carbocycles. The molecule has 2 atom stereocenters. The van der Waals surface area contributed by atoms with E-state index in [1.807, 2.05) is 0 Å². The first-order valence-corrected chi connectivity index (χ1v) is 17.5. The Morgan fingerprint density at radius 2 is 1.36 bits per heavy atom. The quantitative estimate of drug-likeness (QED) is 0.0342. The highest BCUT2D eigenvalue weighted by atomic mass is 31.2. The Balaban J connectivity index is 3.72. The summed E-state index contributed by atoms with van der Waals surface area (Å²) in [5.41, 5.74) is 0. The van der Waals surface area contributed by atoms with E-state index in [-0.39, 0.29) is 32.1 Å². The van der Waals surface area contributed by atoms with Crippen molar-refractivity contribution < 1.29 is 37.9 Å². The topological polar surface area (TPSA) is 131 Å². The van der Waals surface area contributed by atoms with Crippen LogP contribution >= 0.6 is 7.82 Å². The summed E-state index contributed by atoms with van der Waals surface area (Å²) in [6.07, 6.45) is 28.1. The summed E-state index contributed by atoms with van der Waals surface area (Å²) in [5, 5.41) is 12.5. The molecule has 1 amide bonds. The number of aliphatic hydroxyl groups is 1. The Morgan fingerprint density at radius 3 is 2.05 bits per heavy atom. The van der Waals surface area contributed by atoms with Gasteiger partial charge in [0.25, 0.3) is 0 Å². The minimum Gasteiger partial charge on any atom is -0.463 e. The predicted molar refractivity (Wildman–Crippen MR) is 169 cm³/mol. The van der Waals surface area contributed by atoms with Gasteiger partial charge in [0.2, 0.25) is 5.91 Å². The van der Waals surface area contributed by atoms with Gasteiger partial charge < -0.3 is 20.1 Å². The smallest absolute Gasteiger partial charge is 0.463 e. The van der Waals surface area contributed by atoms with Crippen LogP contribution in [0.2, 0.25) is 0 Å². The minimum atomic E-state index is -4.41. The van der Waals surface area contributed by atoms with E-state index in [0.29, 0.717) is 6.42 Å². The van der Waals surface area contributed by atoms with E-state index in [0.717, 1.165) is 64.2 Å². The van der Waals surface area contributed by atoms with Crippen LogP contribution in [0.4, 0.5) is 0 Å². The number of amides is 1. The fourth-order valence-electron chi connectivity index (χ4n) is 3.92. The van der Waals surface area contributed by atoms with Crippen molar-refractivity contribution in [1.82, 2.24) is 5.32 Å². The van der Waals surface area contributed by atoms with Gasteiger partial charge >= 0.3 is 13.8 Å². The molecule has 0 spiro atoms. The lowest BCUT2D eigenvalue weighted by Crippen LogP contribution is -2.27. The summed E-state index contributed by atoms with van der Waals surface area (Å²) in [5.74, 6) is -0.556. The molecule has 0 aromatic carbocycles. The summed E-state index contributed by atoms with van der Waals surface area (Å²) < 4.78 is 26.6. The van der Waals surface area contributed by atoms with Crippen LogP contribution < -0.4 is 5.32 Å². The number of carbonyl (C=O) groups is 2. The Morgan fingerprint density at radius 1 is 0.762 bits per heavy atom. The van der Waals surface area contributed by atoms with Crippen LogP contribution in [0.1, 0.15) is 123 Å². The van der Waals surface area contributed by atoms with E-state index in [9.17, 15) is 24.2 Å². The predicted octanol–water partition coefficient (Wildman–Crippen LogP) is 7.48. The number of allylic oxidation sites excluding steroid dienone is 6. The average molecular weight is 616 g/mol. The SMILES string of the molecule is CC/C=C\C/C=C\C/C=C\CCCCCC(=O)NCCOP(=O)(O)OCC(O)COC(=O)CCCCCCCCCC. The first-order valence-electron chi connectivity index (χ1n) is 16.0. The molecule has 0 heterocycles. The summed E-state index contributed by atoms with van der Waals surface area (Å²) in [6, 6.07) is 0. The summed E-state index contributed by atoms with van der Waals surface area (Å²) in [6.45, 7) is 3.32. The molecule has 244 valence electrons. The molecule has 3 N–H and O–H groups in total. The van der Waals surface area contributed by atoms with Crippen molar-refractivity contribution in [2.24, 2.45) is 0 Å². The van der Waals surface area contributed by atoms with Gasteiger partial charge in [-0.15, -0.1) is 0 Å². The van der Waals surface area contributed by atoms with Gasteiger partial charge in [0.1, 0.15) is 12.7 Å². The third-order valence-corrected chi connectivity index (χ3v) is 7.32. The van der Waals surface area contributed by atoms with Gasteiger partial charge in [-0.1, -0.05) is 102 Å². The molecule has 0 bridgehead atoms. The van der Waals surface area contributed by atoms with Crippen molar-refractivity contribution in [3.8, 4) is 0 Å². The highest BCUT2D eigenvalue weighted by Crippen LogP contribution is 2.42. The number of esters is 1. The number of nitrogens with one attached hydrogen (secondary N) is 1. The number of hydrogen-bond acceptors (Lipinski definition) is 7. The molecule has 0 saturated heterocycles. The Kier molecular flexibility index (Phi) is 28.1. The summed E-state index contributed by atoms with van der Waals surface area (Å²) in [7, 11) is -4.41. The number of unbranched alkanes of at least 4 members (excludes halogenated alkanes) is 10. The van der Waals surface area contributed by atoms with Gasteiger partial charge in [0, 0.05) is 19.4 Å². The zero-order chi connectivity index (χ0) is 31.2. The number of carbonyl (C=O) groups excluding carboxylic acids is 2. The average Bonchev–Trinajstić information content (AvgIpc) is 2.97. The number of hydrogen-bond donors (Lipinski definition) is 3. The van der Waals surface area contributed by atoms with Crippen LogP contribution in [0.5, 0.6) is 0 Å². The fourth-order valence-corrected chi connectivity index (χ4v) is 4.68. The molecule has 0 aliphatic heterocycles. The Labute approximate surface area is 254 Å². The lowest BCUT2D eigenvalue weighted by atomic mass is 10.1. The first-order chi connectivity index (χ1) is 20.3. The zero-order valence-corrected chi connectivity index (χ0v) is 27.1. The van der Waals surface area contributed by atoms with Gasteiger partial charge in [0.05, 0.1) is 13.2 Å². The van der Waals surface area contributed by atoms with E-state index in [1.54, 1.807) is 0 Å². The maximum Gasteiger partial charge on any atom is 0.472 e. The van der Waals surface area contributed by atoms with E-state index >= 15 is 0 Å². The maximum absolute atomic E-state index is 12.0. The summed E-state index contributed by atoms with van der Waals surface area (Å²) in [4.78, 5) is 33.5. The van der Waals surface area contributed by atoms with Crippen molar-refractivity contribution >= 4 is 19.7 Å². The van der Waals surface area contributed by atoms with Crippen LogP contribution in [-0.2, 0) is 27.9 Å². The molecule has 0 aromatic rings. The van der Waals surface area contributed by atoms with Crippen molar-refractivity contribution in [3.05, 3.63) is 36.5 Å². The molecule has 42 heavy (non-hydrogen) atoms. The van der Waals surface area contributed by atoms with E-state index < -0.39 is 26.5 Å². The van der Waals surface area contributed by atoms with Crippen molar-refractivity contribution in [1.29, 1.82) is 0 Å². The second-order valence-corrected chi connectivity index (χ2v) is 11.9. The highest BCUT2D eigenvalue weighted by molar-refractivity contribution is 7.47. The highest BCUT2D eigenvalue weighted by Gasteiger charge is 2.23. The van der Waals surface area contributed by atoms with Gasteiger partial charge in [-0.2, -0.15) is 0 Å². The summed E-state index contributed by atoms with van der Waals surface area (Å²) >= 11 is 0. The normalized spacial score (nSPS) is 14.1. The molecular weight excluding hydrogens is 557 g/mol. The molecule has 9 nitrogen and oxygen atoms in total. The van der Waals surface area contributed by atoms with Crippen LogP contribution in [0, 0.1) is 0 Å². The molecular formula is C32H58NO8P. The molecule has 0 aliphatic carbocycles. The largest absolute Gasteiger partial charge is 0.472 e. The zero-order valence-electron chi connectivity index (χ0n) is 26.2. The molecule has 0 aliphatic rings. The van der Waals surface area contributed by atoms with E-state index in [1.165, 1.54) is 32.1 Å². The maximum atomic E-state index is 12.0. The lowest BCUT2D eigenvalue weighted by Gasteiger charge is -2.15. The standard InChI is InChI=1S/C32H58NO8P/c1-3-5-7-9-11-13-14-15-16-17-18-20-22-24-31(35)33-26-27-40-42(37,38)41-29-30(34)28-39-32(36)25-23-21-19-12-10-8-6-4-2/h5,7,11,13,15-16,30,34H,3-4,6,8-10,12,14,17-29H2,1-2H3,(H,33,35)(H,37,38)/b7-5-,13-11-,16-15-. The third kappa shape index (κ3) is 29.7. The molecule has 10 heteroatoms. The van der Waals surface area contributed by atoms with Crippen LogP contribution in [0.3, 0.4) is 0 Å². The van der Waals surface area contributed by atoms with E-state index in [2.05, 4.69) is 55.6 Å². The number of phosphoric ester groups is 1. The number of rotatable bonds is 29. The van der Waals surface area contributed by atoms with Gasteiger partial charge in [-0.25, -0.2) is 4.57 Å². The van der Waals surface area contributed by atoms with Gasteiger partial charge in [-0.05, 0) is 44.9 Å². The van der Waals surface area contributed by atoms with Crippen LogP contribution in [0.15, 0.2) is 36.5 Å². The van der Waals surface area contributed by atoms with Crippen molar-refractivity contribution in [2.75, 3.05) is 26.4 Å². The fraction of sp³-hybridized carbons (Fsp3) is 0.750. The monoisotopic (exact) mass is 615 g/mol. The molecule has 0 radical (unpaired) electrons. The second-order valence-electron chi connectivity index (χ2n) is 10.4. The number of aliphatic hydroxyl groups excluding tert-OH is 1. The molecule has 2 unspecified atom stereocenters. The van der Waals surface area contributed by atoms with Crippen LogP contribution in [-0.4, -0.2) is 54.3 Å². The Bertz CT molecular complexity index is 799. The number of ether oxygens (including phenoxy) is 1. The van der Waals surface area contributed by atoms with E-state index in [4.69, 9.17) is 13.8 Å². The molecule has 0 rings (SSSR count). The van der Waals surface area contributed by atoms with Gasteiger partial charge in [-0.3, -0.25) is 18.6 Å². The van der Waals surface area contributed by atoms with Crippen molar-refractivity contribution in [2.45, 2.75) is 129 Å². The Hall–Kier alpha value is -1.77. The minimum absolute atomic E-state index is 0.0656. The third-order valence-electron chi connectivity index (χ3n) is 6.33. The molecule has 0 fully saturated rings. The number of phosphoric acid groups is 1. The van der Waals surface area contributed by atoms with Crippen LogP contribution in [0.25, 0.3) is 0 Å². The van der Waals surface area contributed by atoms with Gasteiger partial charge in [0.15, 0.2) is 0 Å².